The van der Waals surface area contributed by atoms with Crippen LogP contribution in [-0.4, -0.2) is 53.2 Å². The summed E-state index contributed by atoms with van der Waals surface area (Å²) < 4.78 is 43.0. The summed E-state index contributed by atoms with van der Waals surface area (Å²) in [5.74, 6) is -0.0670. The van der Waals surface area contributed by atoms with E-state index in [0.29, 0.717) is 34.5 Å². The van der Waals surface area contributed by atoms with Gasteiger partial charge in [0.25, 0.3) is 11.8 Å². The number of hydrogen-bond acceptors (Lipinski definition) is 5. The number of hydrogen-bond donors (Lipinski definition) is 2. The van der Waals surface area contributed by atoms with E-state index in [1.54, 1.807) is 38.1 Å². The Labute approximate surface area is 222 Å². The molecule has 37 heavy (non-hydrogen) atoms. The second kappa shape index (κ2) is 10.6. The van der Waals surface area contributed by atoms with Crippen LogP contribution in [0, 0.1) is 0 Å². The van der Waals surface area contributed by atoms with Crippen molar-refractivity contribution in [2.24, 2.45) is 0 Å². The number of nitrogens with zero attached hydrogens (tertiary/aromatic N) is 2. The molecular weight excluding hydrogens is 532 g/mol. The molecular formula is C25H27Cl2F3N4O3. The highest BCUT2D eigenvalue weighted by Gasteiger charge is 2.43. The summed E-state index contributed by atoms with van der Waals surface area (Å²) in [5, 5.41) is 5.74. The first-order valence-corrected chi connectivity index (χ1v) is 12.6. The number of fused-ring (bicyclic) bond motifs is 2. The molecule has 0 spiro atoms. The van der Waals surface area contributed by atoms with Crippen LogP contribution in [-0.2, 0) is 4.79 Å². The molecule has 1 aromatic carbocycles. The zero-order chi connectivity index (χ0) is 27.0. The highest BCUT2D eigenvalue weighted by molar-refractivity contribution is 6.35. The number of pyridine rings is 1. The monoisotopic (exact) mass is 558 g/mol. The van der Waals surface area contributed by atoms with Crippen molar-refractivity contribution < 1.29 is 27.5 Å². The molecule has 2 N–H and O–H groups in total. The number of amides is 2. The summed E-state index contributed by atoms with van der Waals surface area (Å²) in [6.07, 6.45) is 0.0625. The van der Waals surface area contributed by atoms with E-state index < -0.39 is 24.2 Å². The van der Waals surface area contributed by atoms with Crippen LogP contribution in [0.2, 0.25) is 10.0 Å². The number of carbonyl (C=O) groups is 2. The molecule has 2 bridgehead atoms. The van der Waals surface area contributed by atoms with Crippen LogP contribution >= 0.6 is 23.2 Å². The molecule has 3 heterocycles. The first-order chi connectivity index (χ1) is 17.3. The molecule has 12 heteroatoms. The number of piperidine rings is 1. The largest absolute Gasteiger partial charge is 0.476 e. The van der Waals surface area contributed by atoms with E-state index in [2.05, 4.69) is 15.2 Å². The molecule has 200 valence electrons. The second-order valence-electron chi connectivity index (χ2n) is 9.82. The lowest BCUT2D eigenvalue weighted by Gasteiger charge is -2.40. The van der Waals surface area contributed by atoms with Crippen molar-refractivity contribution in [3.05, 3.63) is 52.1 Å². The quantitative estimate of drug-likeness (QED) is 0.490. The van der Waals surface area contributed by atoms with Crippen LogP contribution in [0.5, 0.6) is 5.75 Å². The normalized spacial score (nSPS) is 21.5. The fourth-order valence-electron chi connectivity index (χ4n) is 4.86. The maximum atomic E-state index is 13.1. The third kappa shape index (κ3) is 6.59. The summed E-state index contributed by atoms with van der Waals surface area (Å²) in [5.41, 5.74) is -1.11. The van der Waals surface area contributed by atoms with Crippen LogP contribution in [0.15, 0.2) is 36.5 Å². The number of carbonyl (C=O) groups excluding carboxylic acids is 2. The minimum absolute atomic E-state index is 0.0581. The van der Waals surface area contributed by atoms with Crippen molar-refractivity contribution in [3.63, 3.8) is 0 Å². The summed E-state index contributed by atoms with van der Waals surface area (Å²) in [6.45, 7) is 1.95. The minimum atomic E-state index is -4.48. The van der Waals surface area contributed by atoms with E-state index in [-0.39, 0.29) is 29.6 Å². The van der Waals surface area contributed by atoms with Crippen LogP contribution in [0.3, 0.4) is 0 Å². The Morgan fingerprint density at radius 2 is 1.78 bits per heavy atom. The van der Waals surface area contributed by atoms with Gasteiger partial charge in [-0.1, -0.05) is 23.2 Å². The Kier molecular flexibility index (Phi) is 7.80. The summed E-state index contributed by atoms with van der Waals surface area (Å²) in [7, 11) is 0. The summed E-state index contributed by atoms with van der Waals surface area (Å²) in [4.78, 5) is 31.6. The molecule has 3 atom stereocenters. The second-order valence-corrected chi connectivity index (χ2v) is 10.7. The number of rotatable bonds is 7. The number of benzene rings is 1. The molecule has 1 unspecified atom stereocenters. The van der Waals surface area contributed by atoms with E-state index in [1.807, 2.05) is 5.32 Å². The molecule has 4 rings (SSSR count). The molecule has 0 aliphatic carbocycles. The van der Waals surface area contributed by atoms with Gasteiger partial charge in [-0.05, 0) is 69.9 Å². The molecule has 2 aromatic rings. The van der Waals surface area contributed by atoms with E-state index in [9.17, 15) is 22.8 Å². The minimum Gasteiger partial charge on any atom is -0.476 e. The Balaban J connectivity index is 1.35. The van der Waals surface area contributed by atoms with Gasteiger partial charge in [-0.2, -0.15) is 13.2 Å². The van der Waals surface area contributed by atoms with Crippen LogP contribution in [0.1, 0.15) is 49.9 Å². The molecule has 1 aromatic heterocycles. The zero-order valence-electron chi connectivity index (χ0n) is 20.2. The number of ether oxygens (including phenoxy) is 1. The van der Waals surface area contributed by atoms with E-state index in [4.69, 9.17) is 27.9 Å². The fraction of sp³-hybridized carbons (Fsp3) is 0.480. The van der Waals surface area contributed by atoms with Gasteiger partial charge in [0.1, 0.15) is 18.1 Å². The van der Waals surface area contributed by atoms with Crippen molar-refractivity contribution in [1.29, 1.82) is 0 Å². The molecule has 2 aliphatic heterocycles. The molecule has 2 amide bonds. The van der Waals surface area contributed by atoms with Crippen LogP contribution in [0.25, 0.3) is 0 Å². The van der Waals surface area contributed by atoms with Gasteiger partial charge in [0.05, 0.1) is 10.6 Å². The topological polar surface area (TPSA) is 83.6 Å². The van der Waals surface area contributed by atoms with Crippen molar-refractivity contribution in [3.8, 4) is 5.75 Å². The van der Waals surface area contributed by atoms with E-state index >= 15 is 0 Å². The average Bonchev–Trinajstić information content (AvgIpc) is 3.09. The molecule has 2 aliphatic rings. The lowest BCUT2D eigenvalue weighted by molar-refractivity contribution is -0.135. The van der Waals surface area contributed by atoms with Gasteiger partial charge < -0.3 is 20.3 Å². The van der Waals surface area contributed by atoms with Crippen molar-refractivity contribution in [2.45, 2.75) is 69.4 Å². The predicted octanol–water partition coefficient (Wildman–Crippen LogP) is 5.15. The Bertz CT molecular complexity index is 1150. The van der Waals surface area contributed by atoms with Crippen LogP contribution in [0.4, 0.5) is 19.0 Å². The van der Waals surface area contributed by atoms with Gasteiger partial charge in [-0.15, -0.1) is 0 Å². The van der Waals surface area contributed by atoms with Gasteiger partial charge in [-0.25, -0.2) is 4.98 Å². The fourth-order valence-corrected chi connectivity index (χ4v) is 5.31. The number of nitrogens with one attached hydrogen (secondary N) is 2. The first kappa shape index (κ1) is 27.3. The van der Waals surface area contributed by atoms with E-state index in [1.165, 1.54) is 12.3 Å². The maximum absolute atomic E-state index is 13.1. The first-order valence-electron chi connectivity index (χ1n) is 11.9. The average molecular weight is 559 g/mol. The highest BCUT2D eigenvalue weighted by Crippen LogP contribution is 2.39. The van der Waals surface area contributed by atoms with Gasteiger partial charge in [-0.3, -0.25) is 9.59 Å². The molecule has 2 fully saturated rings. The number of aromatic nitrogens is 1. The SMILES string of the molecule is CC(C)(Oc1ccc(Cl)cc1Cl)C(=O)NC1C[C@H]2CC[C@@H](C1)N2c1ccc(C(=O)NCC(F)(F)F)cn1. The third-order valence-electron chi connectivity index (χ3n) is 6.60. The summed E-state index contributed by atoms with van der Waals surface area (Å²) in [6, 6.07) is 8.15. The van der Waals surface area contributed by atoms with Gasteiger partial charge in [0.2, 0.25) is 0 Å². The molecule has 0 radical (unpaired) electrons. The predicted molar refractivity (Wildman–Crippen MR) is 134 cm³/mol. The molecule has 2 saturated heterocycles. The lowest BCUT2D eigenvalue weighted by Crippen LogP contribution is -2.55. The number of halogens is 5. The van der Waals surface area contributed by atoms with Crippen molar-refractivity contribution in [2.75, 3.05) is 11.4 Å². The van der Waals surface area contributed by atoms with Crippen molar-refractivity contribution >= 4 is 40.8 Å². The lowest BCUT2D eigenvalue weighted by atomic mass is 9.96. The van der Waals surface area contributed by atoms with Crippen molar-refractivity contribution in [1.82, 2.24) is 15.6 Å². The standard InChI is InChI=1S/C25H27Cl2F3N4O3/c1-24(2,37-20-7-4-15(26)9-19(20)27)23(36)33-16-10-17-5-6-18(11-16)34(17)21-8-3-14(12-31-21)22(35)32-13-25(28,29)30/h3-4,7-9,12,16-18H,5-6,10-11,13H2,1-2H3,(H,32,35)(H,33,36)/t16?,17-,18+. The Morgan fingerprint density at radius 3 is 2.35 bits per heavy atom. The van der Waals surface area contributed by atoms with Gasteiger partial charge in [0, 0.05) is 29.3 Å². The zero-order valence-corrected chi connectivity index (χ0v) is 21.8. The molecule has 0 saturated carbocycles. The number of anilines is 1. The highest BCUT2D eigenvalue weighted by atomic mass is 35.5. The van der Waals surface area contributed by atoms with Gasteiger partial charge in [0.15, 0.2) is 5.60 Å². The smallest absolute Gasteiger partial charge is 0.405 e. The van der Waals surface area contributed by atoms with E-state index in [0.717, 1.165) is 12.8 Å². The number of alkyl halides is 3. The molecule has 7 nitrogen and oxygen atoms in total. The summed E-state index contributed by atoms with van der Waals surface area (Å²) >= 11 is 12.1. The Hall–Kier alpha value is -2.72. The third-order valence-corrected chi connectivity index (χ3v) is 7.13. The Morgan fingerprint density at radius 1 is 1.11 bits per heavy atom. The van der Waals surface area contributed by atoms with Crippen LogP contribution < -0.4 is 20.3 Å². The maximum Gasteiger partial charge on any atom is 0.405 e. The van der Waals surface area contributed by atoms with Gasteiger partial charge >= 0.3 is 6.18 Å².